The Labute approximate surface area is 104 Å². The first-order chi connectivity index (χ1) is 8.11. The fourth-order valence-electron chi connectivity index (χ4n) is 1.73. The molecule has 0 amide bonds. The average molecular weight is 244 g/mol. The van der Waals surface area contributed by atoms with Crippen molar-refractivity contribution < 1.29 is 9.59 Å². The molecule has 0 unspecified atom stereocenters. The molecule has 1 heterocycles. The van der Waals surface area contributed by atoms with Crippen molar-refractivity contribution in [3.8, 4) is 0 Å². The summed E-state index contributed by atoms with van der Waals surface area (Å²) in [5, 5.41) is 0. The highest BCUT2D eigenvalue weighted by molar-refractivity contribution is 7.14. The van der Waals surface area contributed by atoms with Crippen molar-refractivity contribution in [1.29, 1.82) is 0 Å². The van der Waals surface area contributed by atoms with E-state index in [2.05, 4.69) is 0 Å². The Hall–Kier alpha value is -1.74. The van der Waals surface area contributed by atoms with Gasteiger partial charge in [-0.05, 0) is 26.0 Å². The van der Waals surface area contributed by atoms with Gasteiger partial charge >= 0.3 is 0 Å². The fourth-order valence-corrected chi connectivity index (χ4v) is 2.57. The Kier molecular flexibility index (Phi) is 3.20. The molecule has 0 fully saturated rings. The fraction of sp³-hybridized carbons (Fsp3) is 0.143. The number of carbonyl (C=O) groups excluding carboxylic acids is 2. The SMILES string of the molecule is Cc1cccc(C(=O)c2cc(C=O)sc2C)c1. The lowest BCUT2D eigenvalue weighted by Gasteiger charge is -2.01. The van der Waals surface area contributed by atoms with Gasteiger partial charge in [-0.25, -0.2) is 0 Å². The van der Waals surface area contributed by atoms with Crippen molar-refractivity contribution in [2.75, 3.05) is 0 Å². The Bertz CT molecular complexity index is 582. The van der Waals surface area contributed by atoms with E-state index in [0.29, 0.717) is 16.0 Å². The van der Waals surface area contributed by atoms with Gasteiger partial charge in [0.25, 0.3) is 0 Å². The number of aryl methyl sites for hydroxylation is 2. The Morgan fingerprint density at radius 2 is 2.00 bits per heavy atom. The number of hydrogen-bond acceptors (Lipinski definition) is 3. The molecule has 86 valence electrons. The highest BCUT2D eigenvalue weighted by atomic mass is 32.1. The second kappa shape index (κ2) is 4.63. The molecule has 0 radical (unpaired) electrons. The Balaban J connectivity index is 2.43. The van der Waals surface area contributed by atoms with Crippen molar-refractivity contribution >= 4 is 23.4 Å². The summed E-state index contributed by atoms with van der Waals surface area (Å²) in [7, 11) is 0. The smallest absolute Gasteiger partial charge is 0.194 e. The van der Waals surface area contributed by atoms with Gasteiger partial charge in [-0.2, -0.15) is 0 Å². The van der Waals surface area contributed by atoms with Crippen molar-refractivity contribution in [3.63, 3.8) is 0 Å². The lowest BCUT2D eigenvalue weighted by molar-refractivity contribution is 0.103. The van der Waals surface area contributed by atoms with Gasteiger partial charge in [-0.3, -0.25) is 9.59 Å². The molecule has 2 nitrogen and oxygen atoms in total. The van der Waals surface area contributed by atoms with Gasteiger partial charge in [0.1, 0.15) is 0 Å². The van der Waals surface area contributed by atoms with Crippen molar-refractivity contribution in [2.24, 2.45) is 0 Å². The molecule has 0 bridgehead atoms. The summed E-state index contributed by atoms with van der Waals surface area (Å²) in [5.41, 5.74) is 2.35. The summed E-state index contributed by atoms with van der Waals surface area (Å²) in [5.74, 6) is -0.0180. The molecule has 1 aromatic heterocycles. The zero-order valence-corrected chi connectivity index (χ0v) is 10.5. The number of aldehydes is 1. The van der Waals surface area contributed by atoms with Crippen LogP contribution >= 0.6 is 11.3 Å². The Morgan fingerprint density at radius 1 is 1.24 bits per heavy atom. The lowest BCUT2D eigenvalue weighted by atomic mass is 10.0. The first-order valence-corrected chi connectivity index (χ1v) is 6.10. The molecular formula is C14H12O2S. The van der Waals surface area contributed by atoms with Crippen molar-refractivity contribution in [3.05, 3.63) is 56.8 Å². The van der Waals surface area contributed by atoms with Crippen LogP contribution in [-0.2, 0) is 0 Å². The normalized spacial score (nSPS) is 10.2. The monoisotopic (exact) mass is 244 g/mol. The van der Waals surface area contributed by atoms with E-state index < -0.39 is 0 Å². The maximum Gasteiger partial charge on any atom is 0.194 e. The minimum absolute atomic E-state index is 0.0180. The van der Waals surface area contributed by atoms with Gasteiger partial charge in [-0.1, -0.05) is 23.8 Å². The minimum atomic E-state index is -0.0180. The topological polar surface area (TPSA) is 34.1 Å². The molecule has 17 heavy (non-hydrogen) atoms. The van der Waals surface area contributed by atoms with E-state index in [-0.39, 0.29) is 5.78 Å². The maximum atomic E-state index is 12.2. The number of carbonyl (C=O) groups is 2. The van der Waals surface area contributed by atoms with E-state index in [1.165, 1.54) is 11.3 Å². The molecule has 2 rings (SSSR count). The third-order valence-corrected chi connectivity index (χ3v) is 3.55. The summed E-state index contributed by atoms with van der Waals surface area (Å²) in [4.78, 5) is 24.4. The number of hydrogen-bond donors (Lipinski definition) is 0. The van der Waals surface area contributed by atoms with E-state index in [4.69, 9.17) is 0 Å². The average Bonchev–Trinajstić information content (AvgIpc) is 2.69. The predicted molar refractivity (Wildman–Crippen MR) is 69.1 cm³/mol. The van der Waals surface area contributed by atoms with Gasteiger partial charge in [-0.15, -0.1) is 11.3 Å². The van der Waals surface area contributed by atoms with Gasteiger partial charge in [0.05, 0.1) is 4.88 Å². The first kappa shape index (κ1) is 11.7. The highest BCUT2D eigenvalue weighted by Crippen LogP contribution is 2.23. The first-order valence-electron chi connectivity index (χ1n) is 5.29. The summed E-state index contributed by atoms with van der Waals surface area (Å²) < 4.78 is 0. The quantitative estimate of drug-likeness (QED) is 0.612. The molecule has 0 N–H and O–H groups in total. The largest absolute Gasteiger partial charge is 0.297 e. The van der Waals surface area contributed by atoms with Crippen LogP contribution in [0.3, 0.4) is 0 Å². The summed E-state index contributed by atoms with van der Waals surface area (Å²) >= 11 is 1.35. The molecule has 0 spiro atoms. The molecule has 2 aromatic rings. The van der Waals surface area contributed by atoms with Gasteiger partial charge < -0.3 is 0 Å². The number of thiophene rings is 1. The predicted octanol–water partition coefficient (Wildman–Crippen LogP) is 3.41. The molecule has 3 heteroatoms. The van der Waals surface area contributed by atoms with Gasteiger partial charge in [0, 0.05) is 16.0 Å². The summed E-state index contributed by atoms with van der Waals surface area (Å²) in [6.07, 6.45) is 0.782. The van der Waals surface area contributed by atoms with Gasteiger partial charge in [0.15, 0.2) is 12.1 Å². The van der Waals surface area contributed by atoms with Crippen molar-refractivity contribution in [1.82, 2.24) is 0 Å². The second-order valence-electron chi connectivity index (χ2n) is 3.94. The molecule has 1 aromatic carbocycles. The van der Waals surface area contributed by atoms with Crippen LogP contribution in [0.5, 0.6) is 0 Å². The zero-order chi connectivity index (χ0) is 12.4. The molecular weight excluding hydrogens is 232 g/mol. The maximum absolute atomic E-state index is 12.2. The minimum Gasteiger partial charge on any atom is -0.297 e. The summed E-state index contributed by atoms with van der Waals surface area (Å²) in [6.45, 7) is 3.81. The van der Waals surface area contributed by atoms with Crippen LogP contribution in [0.4, 0.5) is 0 Å². The number of ketones is 1. The Morgan fingerprint density at radius 3 is 2.59 bits per heavy atom. The second-order valence-corrected chi connectivity index (χ2v) is 5.22. The van der Waals surface area contributed by atoms with Crippen LogP contribution in [0.25, 0.3) is 0 Å². The van der Waals surface area contributed by atoms with E-state index in [9.17, 15) is 9.59 Å². The van der Waals surface area contributed by atoms with Crippen LogP contribution < -0.4 is 0 Å². The standard InChI is InChI=1S/C14H12O2S/c1-9-4-3-5-11(6-9)14(16)13-7-12(8-15)17-10(13)2/h3-8H,1-2H3. The zero-order valence-electron chi connectivity index (χ0n) is 9.69. The molecule has 0 saturated heterocycles. The van der Waals surface area contributed by atoms with Crippen LogP contribution in [0.1, 0.15) is 36.0 Å². The van der Waals surface area contributed by atoms with Crippen LogP contribution in [0.15, 0.2) is 30.3 Å². The van der Waals surface area contributed by atoms with E-state index in [1.807, 2.05) is 32.0 Å². The number of rotatable bonds is 3. The third-order valence-electron chi connectivity index (χ3n) is 2.58. The molecule has 0 atom stereocenters. The van der Waals surface area contributed by atoms with E-state index >= 15 is 0 Å². The molecule has 0 aliphatic rings. The highest BCUT2D eigenvalue weighted by Gasteiger charge is 2.14. The third kappa shape index (κ3) is 2.34. The van der Waals surface area contributed by atoms with Crippen LogP contribution in [0, 0.1) is 13.8 Å². The number of benzene rings is 1. The lowest BCUT2D eigenvalue weighted by Crippen LogP contribution is -2.01. The molecule has 0 saturated carbocycles. The van der Waals surface area contributed by atoms with Crippen LogP contribution in [0.2, 0.25) is 0 Å². The van der Waals surface area contributed by atoms with Crippen LogP contribution in [-0.4, -0.2) is 12.1 Å². The molecule has 0 aliphatic carbocycles. The van der Waals surface area contributed by atoms with Crippen molar-refractivity contribution in [2.45, 2.75) is 13.8 Å². The summed E-state index contributed by atoms with van der Waals surface area (Å²) in [6, 6.07) is 9.14. The van der Waals surface area contributed by atoms with E-state index in [1.54, 1.807) is 12.1 Å². The van der Waals surface area contributed by atoms with Gasteiger partial charge in [0.2, 0.25) is 0 Å². The molecule has 0 aliphatic heterocycles. The van der Waals surface area contributed by atoms with E-state index in [0.717, 1.165) is 16.7 Å².